The Balaban J connectivity index is 1.63. The molecule has 0 bridgehead atoms. The molecule has 134 valence electrons. The maximum absolute atomic E-state index is 11.6. The number of nitrogens with two attached hydrogens (primary N) is 1. The van der Waals surface area contributed by atoms with Crippen LogP contribution in [0.4, 0.5) is 5.69 Å². The molecule has 1 aromatic carbocycles. The van der Waals surface area contributed by atoms with E-state index in [9.17, 15) is 4.79 Å². The number of carbonyl (C=O) groups is 1. The summed E-state index contributed by atoms with van der Waals surface area (Å²) in [4.78, 5) is 18.4. The van der Waals surface area contributed by atoms with Gasteiger partial charge in [0.05, 0.1) is 18.7 Å². The van der Waals surface area contributed by atoms with Crippen molar-refractivity contribution in [2.75, 3.05) is 44.2 Å². The van der Waals surface area contributed by atoms with Crippen LogP contribution in [-0.2, 0) is 4.79 Å². The van der Waals surface area contributed by atoms with Crippen molar-refractivity contribution >= 4 is 11.6 Å². The van der Waals surface area contributed by atoms with Gasteiger partial charge in [-0.3, -0.25) is 14.6 Å². The first-order valence-electron chi connectivity index (χ1n) is 9.09. The van der Waals surface area contributed by atoms with E-state index in [1.165, 1.54) is 11.3 Å². The van der Waals surface area contributed by atoms with Gasteiger partial charge in [0.1, 0.15) is 0 Å². The van der Waals surface area contributed by atoms with E-state index in [0.717, 1.165) is 45.6 Å². The van der Waals surface area contributed by atoms with Gasteiger partial charge in [-0.2, -0.15) is 5.26 Å². The number of hydrogen-bond donors (Lipinski definition) is 1. The molecule has 6 heteroatoms. The third-order valence-electron chi connectivity index (χ3n) is 5.53. The highest BCUT2D eigenvalue weighted by Crippen LogP contribution is 2.30. The maximum Gasteiger partial charge on any atom is 0.234 e. The number of carbonyl (C=O) groups excluding carboxylic acids is 1. The van der Waals surface area contributed by atoms with Gasteiger partial charge in [0.25, 0.3) is 0 Å². The Bertz CT molecular complexity index is 630. The molecule has 2 saturated heterocycles. The lowest BCUT2D eigenvalue weighted by molar-refractivity contribution is -0.122. The first kappa shape index (κ1) is 17.7. The van der Waals surface area contributed by atoms with Crippen LogP contribution in [0.3, 0.4) is 0 Å². The van der Waals surface area contributed by atoms with Crippen LogP contribution in [0.15, 0.2) is 24.3 Å². The van der Waals surface area contributed by atoms with Crippen LogP contribution in [0.25, 0.3) is 0 Å². The molecular weight excluding hydrogens is 314 g/mol. The molecule has 6 nitrogen and oxygen atoms in total. The summed E-state index contributed by atoms with van der Waals surface area (Å²) in [7, 11) is 0. The van der Waals surface area contributed by atoms with Gasteiger partial charge in [-0.1, -0.05) is 12.1 Å². The fourth-order valence-corrected chi connectivity index (χ4v) is 3.98. The van der Waals surface area contributed by atoms with E-state index in [4.69, 9.17) is 11.0 Å². The van der Waals surface area contributed by atoms with Crippen LogP contribution in [0, 0.1) is 11.3 Å². The molecule has 0 spiro atoms. The normalized spacial score (nSPS) is 23.4. The molecule has 0 aliphatic carbocycles. The van der Waals surface area contributed by atoms with Gasteiger partial charge in [0.2, 0.25) is 5.91 Å². The summed E-state index contributed by atoms with van der Waals surface area (Å²) >= 11 is 0. The number of benzene rings is 1. The number of anilines is 1. The SMILES string of the molecule is C[C@H](c1ccc(N2CCN(CC#N)CC2)cc1)N1CCC[C@H]1C(N)=O. The van der Waals surface area contributed by atoms with Crippen LogP contribution in [0.2, 0.25) is 0 Å². The first-order valence-corrected chi connectivity index (χ1v) is 9.09. The van der Waals surface area contributed by atoms with Gasteiger partial charge in [0.15, 0.2) is 0 Å². The fraction of sp³-hybridized carbons (Fsp3) is 0.579. The average Bonchev–Trinajstić information content (AvgIpc) is 3.12. The molecule has 25 heavy (non-hydrogen) atoms. The van der Waals surface area contributed by atoms with E-state index in [0.29, 0.717) is 6.54 Å². The second-order valence-electron chi connectivity index (χ2n) is 6.99. The molecule has 1 amide bonds. The fourth-order valence-electron chi connectivity index (χ4n) is 3.98. The summed E-state index contributed by atoms with van der Waals surface area (Å²) in [5.74, 6) is -0.212. The van der Waals surface area contributed by atoms with E-state index in [2.05, 4.69) is 52.0 Å². The van der Waals surface area contributed by atoms with Gasteiger partial charge in [-0.15, -0.1) is 0 Å². The van der Waals surface area contributed by atoms with Crippen LogP contribution in [0.1, 0.15) is 31.4 Å². The second kappa shape index (κ2) is 7.85. The van der Waals surface area contributed by atoms with E-state index >= 15 is 0 Å². The van der Waals surface area contributed by atoms with Crippen molar-refractivity contribution in [1.29, 1.82) is 5.26 Å². The molecule has 2 aliphatic heterocycles. The maximum atomic E-state index is 11.6. The highest BCUT2D eigenvalue weighted by atomic mass is 16.1. The molecule has 0 radical (unpaired) electrons. The minimum Gasteiger partial charge on any atom is -0.369 e. The smallest absolute Gasteiger partial charge is 0.234 e. The summed E-state index contributed by atoms with van der Waals surface area (Å²) in [6.45, 7) is 7.36. The van der Waals surface area contributed by atoms with Crippen molar-refractivity contribution in [3.05, 3.63) is 29.8 Å². The molecule has 1 aromatic rings. The Kier molecular flexibility index (Phi) is 5.57. The summed E-state index contributed by atoms with van der Waals surface area (Å²) in [5, 5.41) is 8.79. The topological polar surface area (TPSA) is 76.6 Å². The minimum absolute atomic E-state index is 0.136. The van der Waals surface area contributed by atoms with Gasteiger partial charge < -0.3 is 10.6 Å². The van der Waals surface area contributed by atoms with Crippen LogP contribution in [0.5, 0.6) is 0 Å². The zero-order valence-electron chi connectivity index (χ0n) is 14.9. The summed E-state index contributed by atoms with van der Waals surface area (Å²) in [6, 6.07) is 10.9. The van der Waals surface area contributed by atoms with Gasteiger partial charge in [0, 0.05) is 37.9 Å². The highest BCUT2D eigenvalue weighted by molar-refractivity contribution is 5.80. The molecule has 2 fully saturated rings. The average molecular weight is 341 g/mol. The number of nitrogens with zero attached hydrogens (tertiary/aromatic N) is 4. The van der Waals surface area contributed by atoms with Gasteiger partial charge in [-0.25, -0.2) is 0 Å². The summed E-state index contributed by atoms with van der Waals surface area (Å²) < 4.78 is 0. The quantitative estimate of drug-likeness (QED) is 0.818. The lowest BCUT2D eigenvalue weighted by Crippen LogP contribution is -2.46. The number of piperazine rings is 1. The summed E-state index contributed by atoms with van der Waals surface area (Å²) in [5.41, 5.74) is 7.99. The van der Waals surface area contributed by atoms with Crippen molar-refractivity contribution in [2.24, 2.45) is 5.73 Å². The number of hydrogen-bond acceptors (Lipinski definition) is 5. The molecule has 0 saturated carbocycles. The molecule has 2 heterocycles. The van der Waals surface area contributed by atoms with Crippen molar-refractivity contribution in [3.63, 3.8) is 0 Å². The van der Waals surface area contributed by atoms with Crippen LogP contribution in [-0.4, -0.2) is 61.0 Å². The van der Waals surface area contributed by atoms with E-state index in [1.807, 2.05) is 0 Å². The predicted molar refractivity (Wildman–Crippen MR) is 98.0 cm³/mol. The van der Waals surface area contributed by atoms with Gasteiger partial charge in [-0.05, 0) is 44.0 Å². The Hall–Kier alpha value is -2.10. The van der Waals surface area contributed by atoms with Gasteiger partial charge >= 0.3 is 0 Å². The number of nitriles is 1. The van der Waals surface area contributed by atoms with Crippen molar-refractivity contribution in [2.45, 2.75) is 31.8 Å². The molecule has 2 N–H and O–H groups in total. The second-order valence-corrected chi connectivity index (χ2v) is 6.99. The number of amides is 1. The first-order chi connectivity index (χ1) is 12.1. The standard InChI is InChI=1S/C19H27N5O/c1-15(24-9-2-3-18(24)19(21)25)16-4-6-17(7-5-16)23-13-11-22(10-8-20)12-14-23/h4-7,15,18H,2-3,9-14H2,1H3,(H2,21,25)/t15-,18+/m1/s1. The van der Waals surface area contributed by atoms with E-state index in [-0.39, 0.29) is 18.0 Å². The lowest BCUT2D eigenvalue weighted by atomic mass is 10.0. The molecule has 2 atom stereocenters. The Morgan fingerprint density at radius 1 is 1.24 bits per heavy atom. The minimum atomic E-state index is -0.212. The monoisotopic (exact) mass is 341 g/mol. The number of primary amides is 1. The van der Waals surface area contributed by atoms with Crippen LogP contribution >= 0.6 is 0 Å². The number of rotatable bonds is 5. The van der Waals surface area contributed by atoms with Crippen molar-refractivity contribution < 1.29 is 4.79 Å². The number of likely N-dealkylation sites (tertiary alicyclic amines) is 1. The van der Waals surface area contributed by atoms with Crippen LogP contribution < -0.4 is 10.6 Å². The molecule has 2 aliphatic rings. The molecular formula is C19H27N5O. The zero-order chi connectivity index (χ0) is 17.8. The van der Waals surface area contributed by atoms with Crippen molar-refractivity contribution in [1.82, 2.24) is 9.80 Å². The molecule has 3 rings (SSSR count). The Labute approximate surface area is 149 Å². The third kappa shape index (κ3) is 3.94. The van der Waals surface area contributed by atoms with E-state index < -0.39 is 0 Å². The van der Waals surface area contributed by atoms with E-state index in [1.54, 1.807) is 0 Å². The predicted octanol–water partition coefficient (Wildman–Crippen LogP) is 1.34. The third-order valence-corrected chi connectivity index (χ3v) is 5.53. The molecule has 0 unspecified atom stereocenters. The lowest BCUT2D eigenvalue weighted by Gasteiger charge is -2.35. The largest absolute Gasteiger partial charge is 0.369 e. The summed E-state index contributed by atoms with van der Waals surface area (Å²) in [6.07, 6.45) is 1.90. The molecule has 0 aromatic heterocycles. The van der Waals surface area contributed by atoms with Crippen molar-refractivity contribution in [3.8, 4) is 6.07 Å². The highest BCUT2D eigenvalue weighted by Gasteiger charge is 2.32. The zero-order valence-corrected chi connectivity index (χ0v) is 14.9. The Morgan fingerprint density at radius 3 is 2.52 bits per heavy atom. The Morgan fingerprint density at radius 2 is 1.92 bits per heavy atom.